The monoisotopic (exact) mass is 347 g/mol. The van der Waals surface area contributed by atoms with Crippen LogP contribution in [0.25, 0.3) is 21.9 Å². The summed E-state index contributed by atoms with van der Waals surface area (Å²) in [6.07, 6.45) is 1.42. The molecule has 0 aliphatic rings. The molecule has 0 fully saturated rings. The Bertz CT molecular complexity index is 1110. The van der Waals surface area contributed by atoms with Crippen LogP contribution in [0.3, 0.4) is 0 Å². The summed E-state index contributed by atoms with van der Waals surface area (Å²) in [5.41, 5.74) is 0.727. The Balaban J connectivity index is 1.38. The van der Waals surface area contributed by atoms with Gasteiger partial charge in [0.25, 0.3) is 5.91 Å². The number of rotatable bonds is 5. The molecule has 0 saturated carbocycles. The van der Waals surface area contributed by atoms with Gasteiger partial charge in [-0.05, 0) is 30.7 Å². The number of fused-ring (bicyclic) bond motifs is 2. The molecule has 0 aliphatic heterocycles. The maximum atomic E-state index is 12.3. The van der Waals surface area contributed by atoms with E-state index in [4.69, 9.17) is 8.83 Å². The van der Waals surface area contributed by atoms with Crippen LogP contribution >= 0.6 is 0 Å². The fraction of sp³-hybridized carbons (Fsp3) is 0.143. The highest BCUT2D eigenvalue weighted by Crippen LogP contribution is 2.19. The van der Waals surface area contributed by atoms with E-state index in [9.17, 15) is 9.59 Å². The molecule has 0 aliphatic carbocycles. The summed E-state index contributed by atoms with van der Waals surface area (Å²) in [6.45, 7) is 0.447. The average Bonchev–Trinajstić information content (AvgIpc) is 3.07. The van der Waals surface area contributed by atoms with Crippen LogP contribution in [0.2, 0.25) is 0 Å². The molecular weight excluding hydrogens is 330 g/mol. The van der Waals surface area contributed by atoms with Crippen LogP contribution in [0.4, 0.5) is 0 Å². The molecule has 0 atom stereocenters. The van der Waals surface area contributed by atoms with Crippen LogP contribution in [-0.2, 0) is 6.42 Å². The van der Waals surface area contributed by atoms with Gasteiger partial charge < -0.3 is 14.2 Å². The molecule has 2 aromatic carbocycles. The van der Waals surface area contributed by atoms with Gasteiger partial charge >= 0.3 is 5.63 Å². The summed E-state index contributed by atoms with van der Waals surface area (Å²) < 4.78 is 10.9. The van der Waals surface area contributed by atoms with Crippen LogP contribution < -0.4 is 10.9 Å². The van der Waals surface area contributed by atoms with E-state index in [1.807, 2.05) is 36.4 Å². The first-order chi connectivity index (χ1) is 12.7. The number of carbonyl (C=O) groups is 1. The van der Waals surface area contributed by atoms with E-state index in [2.05, 4.69) is 5.32 Å². The minimum Gasteiger partial charge on any atom is -0.461 e. The maximum Gasteiger partial charge on any atom is 0.349 e. The first kappa shape index (κ1) is 16.1. The number of para-hydroxylation sites is 2. The quantitative estimate of drug-likeness (QED) is 0.439. The predicted octanol–water partition coefficient (Wildman–Crippen LogP) is 3.90. The van der Waals surface area contributed by atoms with E-state index in [-0.39, 0.29) is 5.56 Å². The van der Waals surface area contributed by atoms with Crippen molar-refractivity contribution in [2.45, 2.75) is 12.8 Å². The summed E-state index contributed by atoms with van der Waals surface area (Å²) in [4.78, 5) is 24.3. The van der Waals surface area contributed by atoms with E-state index in [1.165, 1.54) is 0 Å². The Hall–Kier alpha value is -3.34. The molecule has 1 N–H and O–H groups in total. The Kier molecular flexibility index (Phi) is 4.27. The molecule has 0 unspecified atom stereocenters. The standard InChI is InChI=1S/C21H17NO4/c23-20(17-13-15-7-2-4-10-19(15)26-21(17)24)22-11-5-8-16-12-14-6-1-3-9-18(14)25-16/h1-4,6-7,9-10,12-13H,5,8,11H2,(H,22,23). The van der Waals surface area contributed by atoms with Crippen molar-refractivity contribution >= 4 is 27.8 Å². The summed E-state index contributed by atoms with van der Waals surface area (Å²) in [5, 5.41) is 4.56. The van der Waals surface area contributed by atoms with Crippen LogP contribution in [0.5, 0.6) is 0 Å². The van der Waals surface area contributed by atoms with Crippen molar-refractivity contribution in [3.63, 3.8) is 0 Å². The number of furan rings is 1. The molecular formula is C21H17NO4. The molecule has 4 aromatic rings. The van der Waals surface area contributed by atoms with Gasteiger partial charge in [0.2, 0.25) is 0 Å². The van der Waals surface area contributed by atoms with Crippen LogP contribution in [0.15, 0.2) is 74.3 Å². The second kappa shape index (κ2) is 6.88. The molecule has 1 amide bonds. The SMILES string of the molecule is O=C(NCCCc1cc2ccccc2o1)c1cc2ccccc2oc1=O. The van der Waals surface area contributed by atoms with E-state index in [0.29, 0.717) is 25.0 Å². The van der Waals surface area contributed by atoms with Crippen LogP contribution in [0.1, 0.15) is 22.5 Å². The minimum atomic E-state index is -0.626. The highest BCUT2D eigenvalue weighted by Gasteiger charge is 2.13. The molecule has 4 rings (SSSR count). The normalized spacial score (nSPS) is 11.1. The summed E-state index contributed by atoms with van der Waals surface area (Å²) in [7, 11) is 0. The van der Waals surface area contributed by atoms with Crippen molar-refractivity contribution in [2.75, 3.05) is 6.54 Å². The number of nitrogens with one attached hydrogen (secondary N) is 1. The van der Waals surface area contributed by atoms with Crippen molar-refractivity contribution in [1.82, 2.24) is 5.32 Å². The lowest BCUT2D eigenvalue weighted by molar-refractivity contribution is 0.0949. The van der Waals surface area contributed by atoms with Crippen LogP contribution in [0, 0.1) is 0 Å². The van der Waals surface area contributed by atoms with Gasteiger partial charge in [-0.15, -0.1) is 0 Å². The average molecular weight is 347 g/mol. The van der Waals surface area contributed by atoms with E-state index < -0.39 is 11.5 Å². The van der Waals surface area contributed by atoms with Gasteiger partial charge in [-0.25, -0.2) is 4.79 Å². The fourth-order valence-electron chi connectivity index (χ4n) is 2.94. The molecule has 2 aromatic heterocycles. The summed E-state index contributed by atoms with van der Waals surface area (Å²) in [5.74, 6) is 0.458. The van der Waals surface area contributed by atoms with Crippen molar-refractivity contribution in [3.8, 4) is 0 Å². The molecule has 2 heterocycles. The second-order valence-electron chi connectivity index (χ2n) is 6.10. The topological polar surface area (TPSA) is 72.5 Å². The molecule has 26 heavy (non-hydrogen) atoms. The van der Waals surface area contributed by atoms with Gasteiger partial charge in [0.05, 0.1) is 0 Å². The zero-order chi connectivity index (χ0) is 17.9. The first-order valence-corrected chi connectivity index (χ1v) is 8.49. The number of benzene rings is 2. The smallest absolute Gasteiger partial charge is 0.349 e. The van der Waals surface area contributed by atoms with Gasteiger partial charge in [0.15, 0.2) is 0 Å². The Morgan fingerprint density at radius 2 is 1.54 bits per heavy atom. The van der Waals surface area contributed by atoms with Crippen molar-refractivity contribution in [1.29, 1.82) is 0 Å². The number of carbonyl (C=O) groups excluding carboxylic acids is 1. The highest BCUT2D eigenvalue weighted by molar-refractivity contribution is 5.96. The maximum absolute atomic E-state index is 12.3. The molecule has 0 spiro atoms. The van der Waals surface area contributed by atoms with E-state index in [1.54, 1.807) is 24.3 Å². The Labute approximate surface area is 149 Å². The zero-order valence-electron chi connectivity index (χ0n) is 14.0. The lowest BCUT2D eigenvalue weighted by Gasteiger charge is -2.04. The number of hydrogen-bond donors (Lipinski definition) is 1. The molecule has 130 valence electrons. The van der Waals surface area contributed by atoms with Crippen LogP contribution in [-0.4, -0.2) is 12.5 Å². The molecule has 0 radical (unpaired) electrons. The van der Waals surface area contributed by atoms with Gasteiger partial charge in [-0.3, -0.25) is 4.79 Å². The summed E-state index contributed by atoms with van der Waals surface area (Å²) in [6, 6.07) is 18.5. The Morgan fingerprint density at radius 3 is 2.27 bits per heavy atom. The van der Waals surface area contributed by atoms with Gasteiger partial charge in [0.1, 0.15) is 22.5 Å². The van der Waals surface area contributed by atoms with Crippen molar-refractivity contribution in [2.24, 2.45) is 0 Å². The highest BCUT2D eigenvalue weighted by atomic mass is 16.4. The third-order valence-electron chi connectivity index (χ3n) is 4.25. The number of amides is 1. The molecule has 0 bridgehead atoms. The predicted molar refractivity (Wildman–Crippen MR) is 99.4 cm³/mol. The molecule has 5 heteroatoms. The zero-order valence-corrected chi connectivity index (χ0v) is 14.0. The fourth-order valence-corrected chi connectivity index (χ4v) is 2.94. The third-order valence-corrected chi connectivity index (χ3v) is 4.25. The number of hydrogen-bond acceptors (Lipinski definition) is 4. The van der Waals surface area contributed by atoms with Gasteiger partial charge in [-0.2, -0.15) is 0 Å². The number of aryl methyl sites for hydroxylation is 1. The second-order valence-corrected chi connectivity index (χ2v) is 6.10. The largest absolute Gasteiger partial charge is 0.461 e. The van der Waals surface area contributed by atoms with E-state index >= 15 is 0 Å². The van der Waals surface area contributed by atoms with E-state index in [0.717, 1.165) is 22.1 Å². The van der Waals surface area contributed by atoms with Gasteiger partial charge in [-0.1, -0.05) is 36.4 Å². The lowest BCUT2D eigenvalue weighted by Crippen LogP contribution is -2.29. The third kappa shape index (κ3) is 3.24. The molecule has 5 nitrogen and oxygen atoms in total. The lowest BCUT2D eigenvalue weighted by atomic mass is 10.1. The summed E-state index contributed by atoms with van der Waals surface area (Å²) >= 11 is 0. The first-order valence-electron chi connectivity index (χ1n) is 8.49. The Morgan fingerprint density at radius 1 is 0.885 bits per heavy atom. The van der Waals surface area contributed by atoms with Crippen molar-refractivity contribution in [3.05, 3.63) is 82.4 Å². The van der Waals surface area contributed by atoms with Gasteiger partial charge in [0, 0.05) is 23.7 Å². The molecule has 0 saturated heterocycles. The minimum absolute atomic E-state index is 0.0208. The van der Waals surface area contributed by atoms with Crippen molar-refractivity contribution < 1.29 is 13.6 Å².